The molecule has 0 heterocycles. The lowest BCUT2D eigenvalue weighted by Crippen LogP contribution is -3.00. The van der Waals surface area contributed by atoms with Crippen LogP contribution < -0.4 is 12.4 Å². The SMILES string of the molecule is [2H]C(C[N+](C)(C)C)OC(=O)C=C.[Cl-]. The number of carbonyl (C=O) groups excluding carboxylic acids is 1. The summed E-state index contributed by atoms with van der Waals surface area (Å²) >= 11 is 0. The van der Waals surface area contributed by atoms with Crippen LogP contribution in [-0.2, 0) is 9.53 Å². The van der Waals surface area contributed by atoms with Gasteiger partial charge in [0, 0.05) is 6.08 Å². The van der Waals surface area contributed by atoms with Gasteiger partial charge >= 0.3 is 5.97 Å². The van der Waals surface area contributed by atoms with E-state index in [9.17, 15) is 4.79 Å². The van der Waals surface area contributed by atoms with E-state index in [1.165, 1.54) is 0 Å². The lowest BCUT2D eigenvalue weighted by atomic mass is 10.5. The molecule has 3 nitrogen and oxygen atoms in total. The number of carbonyl (C=O) groups is 1. The second-order valence-corrected chi connectivity index (χ2v) is 3.28. The van der Waals surface area contributed by atoms with E-state index in [1.807, 2.05) is 21.1 Å². The van der Waals surface area contributed by atoms with Crippen molar-refractivity contribution in [3.8, 4) is 0 Å². The summed E-state index contributed by atoms with van der Waals surface area (Å²) in [6, 6.07) is 0. The zero-order valence-electron chi connectivity index (χ0n) is 8.71. The third-order valence-corrected chi connectivity index (χ3v) is 0.988. The minimum atomic E-state index is -0.810. The Labute approximate surface area is 81.4 Å². The van der Waals surface area contributed by atoms with Gasteiger partial charge in [0.05, 0.1) is 22.5 Å². The van der Waals surface area contributed by atoms with Crippen molar-refractivity contribution in [1.29, 1.82) is 0 Å². The van der Waals surface area contributed by atoms with Crippen LogP contribution in [0.4, 0.5) is 0 Å². The number of rotatable bonds is 4. The molecule has 0 saturated carbocycles. The molecule has 0 aromatic carbocycles. The van der Waals surface area contributed by atoms with Crippen LogP contribution in [0.15, 0.2) is 12.7 Å². The Balaban J connectivity index is 0. The minimum absolute atomic E-state index is 0. The Morgan fingerprint density at radius 1 is 1.67 bits per heavy atom. The maximum Gasteiger partial charge on any atom is 0.330 e. The average molecular weight is 195 g/mol. The van der Waals surface area contributed by atoms with Gasteiger partial charge in [0.2, 0.25) is 0 Å². The van der Waals surface area contributed by atoms with Gasteiger partial charge in [-0.1, -0.05) is 6.58 Å². The van der Waals surface area contributed by atoms with Gasteiger partial charge < -0.3 is 21.6 Å². The number of ether oxygens (including phenoxy) is 1. The molecular formula is C8H16ClNO2. The van der Waals surface area contributed by atoms with Crippen molar-refractivity contribution in [2.24, 2.45) is 0 Å². The van der Waals surface area contributed by atoms with E-state index in [0.29, 0.717) is 11.0 Å². The molecule has 1 atom stereocenters. The Bertz CT molecular complexity index is 179. The average Bonchev–Trinajstić information content (AvgIpc) is 1.82. The van der Waals surface area contributed by atoms with Crippen LogP contribution in [0.1, 0.15) is 1.37 Å². The van der Waals surface area contributed by atoms with E-state index >= 15 is 0 Å². The summed E-state index contributed by atoms with van der Waals surface area (Å²) in [6.07, 6.45) is 1.07. The molecular weight excluding hydrogens is 178 g/mol. The maximum atomic E-state index is 10.6. The van der Waals surface area contributed by atoms with Gasteiger partial charge in [0.25, 0.3) is 0 Å². The van der Waals surface area contributed by atoms with Gasteiger partial charge in [-0.15, -0.1) is 0 Å². The van der Waals surface area contributed by atoms with Crippen molar-refractivity contribution in [2.45, 2.75) is 0 Å². The van der Waals surface area contributed by atoms with Crippen LogP contribution in [0.5, 0.6) is 0 Å². The monoisotopic (exact) mass is 194 g/mol. The molecule has 4 heteroatoms. The molecule has 72 valence electrons. The normalized spacial score (nSPS) is 13.8. The highest BCUT2D eigenvalue weighted by molar-refractivity contribution is 5.81. The Morgan fingerprint density at radius 2 is 2.17 bits per heavy atom. The zero-order valence-corrected chi connectivity index (χ0v) is 8.47. The summed E-state index contributed by atoms with van der Waals surface area (Å²) in [5, 5.41) is 0. The summed E-state index contributed by atoms with van der Waals surface area (Å²) in [6.45, 7) is 2.91. The molecule has 0 spiro atoms. The van der Waals surface area contributed by atoms with E-state index in [-0.39, 0.29) is 12.4 Å². The number of quaternary nitrogens is 1. The minimum Gasteiger partial charge on any atom is -1.00 e. The lowest BCUT2D eigenvalue weighted by Gasteiger charge is -2.23. The van der Waals surface area contributed by atoms with Crippen LogP contribution in [0.2, 0.25) is 0 Å². The first kappa shape index (κ1) is 11.5. The molecule has 0 aromatic rings. The van der Waals surface area contributed by atoms with Crippen LogP contribution in [0, 0.1) is 0 Å². The van der Waals surface area contributed by atoms with Gasteiger partial charge in [-0.2, -0.15) is 0 Å². The van der Waals surface area contributed by atoms with Gasteiger partial charge in [0.1, 0.15) is 13.1 Å². The first-order valence-electron chi connectivity index (χ1n) is 3.98. The second-order valence-electron chi connectivity index (χ2n) is 3.28. The fourth-order valence-corrected chi connectivity index (χ4v) is 0.391. The van der Waals surface area contributed by atoms with Crippen molar-refractivity contribution in [3.63, 3.8) is 0 Å². The molecule has 0 aliphatic carbocycles. The van der Waals surface area contributed by atoms with Crippen LogP contribution >= 0.6 is 0 Å². The summed E-state index contributed by atoms with van der Waals surface area (Å²) in [5.74, 6) is -0.538. The van der Waals surface area contributed by atoms with Gasteiger partial charge in [0.15, 0.2) is 0 Å². The summed E-state index contributed by atoms with van der Waals surface area (Å²) in [7, 11) is 5.80. The standard InChI is InChI=1S/C8H16NO2.ClH/c1-5-8(10)11-7-6-9(2,3)4;/h5H,1,6-7H2,2-4H3;1H/q+1;/p-1/i7D;. The van der Waals surface area contributed by atoms with Gasteiger partial charge in [-0.25, -0.2) is 4.79 Å². The lowest BCUT2D eigenvalue weighted by molar-refractivity contribution is -0.870. The molecule has 0 aliphatic heterocycles. The van der Waals surface area contributed by atoms with Gasteiger partial charge in [-0.3, -0.25) is 0 Å². The topological polar surface area (TPSA) is 26.3 Å². The molecule has 0 bridgehead atoms. The van der Waals surface area contributed by atoms with Crippen molar-refractivity contribution in [1.82, 2.24) is 0 Å². The largest absolute Gasteiger partial charge is 1.00 e. The number of halogens is 1. The van der Waals surface area contributed by atoms with Crippen LogP contribution in [-0.4, -0.2) is 44.7 Å². The van der Waals surface area contributed by atoms with E-state index in [4.69, 9.17) is 1.37 Å². The first-order valence-corrected chi connectivity index (χ1v) is 3.41. The van der Waals surface area contributed by atoms with Crippen LogP contribution in [0.3, 0.4) is 0 Å². The quantitative estimate of drug-likeness (QED) is 0.279. The van der Waals surface area contributed by atoms with Crippen molar-refractivity contribution in [3.05, 3.63) is 12.7 Å². The Hall–Kier alpha value is -0.540. The second kappa shape index (κ2) is 6.03. The van der Waals surface area contributed by atoms with Crippen LogP contribution in [0.25, 0.3) is 0 Å². The number of likely N-dealkylation sites (N-methyl/N-ethyl adjacent to an activating group) is 1. The Morgan fingerprint density at radius 3 is 2.50 bits per heavy atom. The highest BCUT2D eigenvalue weighted by atomic mass is 35.5. The predicted molar refractivity (Wildman–Crippen MR) is 44.1 cm³/mol. The predicted octanol–water partition coefficient (Wildman–Crippen LogP) is -2.57. The third-order valence-electron chi connectivity index (χ3n) is 0.988. The molecule has 0 N–H and O–H groups in total. The highest BCUT2D eigenvalue weighted by Crippen LogP contribution is 1.89. The molecule has 0 rings (SSSR count). The van der Waals surface area contributed by atoms with E-state index in [1.54, 1.807) is 0 Å². The molecule has 0 aromatic heterocycles. The molecule has 0 saturated heterocycles. The van der Waals surface area contributed by atoms with Crippen molar-refractivity contribution >= 4 is 5.97 Å². The fraction of sp³-hybridized carbons (Fsp3) is 0.625. The van der Waals surface area contributed by atoms with Crippen molar-refractivity contribution in [2.75, 3.05) is 34.3 Å². The van der Waals surface area contributed by atoms with E-state index in [0.717, 1.165) is 6.08 Å². The van der Waals surface area contributed by atoms with E-state index in [2.05, 4.69) is 11.3 Å². The van der Waals surface area contributed by atoms with Crippen molar-refractivity contribution < 1.29 is 27.8 Å². The molecule has 0 aliphatic rings. The number of esters is 1. The molecule has 0 amide bonds. The molecule has 12 heavy (non-hydrogen) atoms. The first-order chi connectivity index (χ1) is 5.35. The fourth-order valence-electron chi connectivity index (χ4n) is 0.391. The maximum absolute atomic E-state index is 10.6. The number of hydrogen-bond acceptors (Lipinski definition) is 2. The zero-order chi connectivity index (χ0) is 9.78. The van der Waals surface area contributed by atoms with E-state index < -0.39 is 12.6 Å². The molecule has 0 radical (unpaired) electrons. The number of nitrogens with zero attached hydrogens (tertiary/aromatic N) is 1. The number of hydrogen-bond donors (Lipinski definition) is 0. The molecule has 1 unspecified atom stereocenters. The molecule has 0 fully saturated rings. The smallest absolute Gasteiger partial charge is 0.330 e. The summed E-state index contributed by atoms with van der Waals surface area (Å²) in [4.78, 5) is 10.6. The third kappa shape index (κ3) is 9.46. The summed E-state index contributed by atoms with van der Waals surface area (Å²) in [5.41, 5.74) is 0. The Kier molecular flexibility index (Phi) is 5.76. The highest BCUT2D eigenvalue weighted by Gasteiger charge is 2.06. The van der Waals surface area contributed by atoms with Gasteiger partial charge in [-0.05, 0) is 0 Å². The summed E-state index contributed by atoms with van der Waals surface area (Å²) < 4.78 is 12.6.